The number of carbonyl (C=O) groups excluding carboxylic acids is 1. The van der Waals surface area contributed by atoms with E-state index in [-0.39, 0.29) is 11.3 Å². The van der Waals surface area contributed by atoms with Crippen LogP contribution in [-0.4, -0.2) is 59.0 Å². The number of likely N-dealkylation sites (N-methyl/N-ethyl adjacent to an activating group) is 1. The maximum absolute atomic E-state index is 12.7. The fraction of sp³-hybridized carbons (Fsp3) is 0.583. The molecule has 0 radical (unpaired) electrons. The summed E-state index contributed by atoms with van der Waals surface area (Å²) in [6.45, 7) is 9.12. The van der Waals surface area contributed by atoms with E-state index in [9.17, 15) is 4.79 Å². The van der Waals surface area contributed by atoms with Gasteiger partial charge in [-0.05, 0) is 43.6 Å². The third-order valence-electron chi connectivity index (χ3n) is 5.74. The minimum absolute atomic E-state index is 0.0747. The molecule has 0 spiro atoms. The highest BCUT2D eigenvalue weighted by atomic mass is 16.5. The Morgan fingerprint density at radius 2 is 1.94 bits per heavy atom. The van der Waals surface area contributed by atoms with Gasteiger partial charge in [-0.25, -0.2) is 9.97 Å². The Bertz CT molecular complexity index is 947. The molecular formula is C24H33N5O2. The van der Waals surface area contributed by atoms with Gasteiger partial charge in [-0.2, -0.15) is 0 Å². The second-order valence-corrected chi connectivity index (χ2v) is 9.82. The largest absolute Gasteiger partial charge is 0.493 e. The number of hydrogen-bond donors (Lipinski definition) is 0. The van der Waals surface area contributed by atoms with Crippen molar-refractivity contribution in [3.63, 3.8) is 0 Å². The molecule has 4 rings (SSSR count). The number of carbonyl (C=O) groups is 1. The van der Waals surface area contributed by atoms with Crippen molar-refractivity contribution < 1.29 is 9.53 Å². The topological polar surface area (TPSA) is 71.5 Å². The summed E-state index contributed by atoms with van der Waals surface area (Å²) in [6, 6.07) is 3.77. The van der Waals surface area contributed by atoms with Crippen LogP contribution < -0.4 is 9.64 Å². The molecule has 0 aromatic carbocycles. The Morgan fingerprint density at radius 3 is 2.68 bits per heavy atom. The SMILES string of the molecule is CN(CC(=O)N1CCCC1)c1nc(-c2cc(OCC(C)(C)C)ccn2)nc2c1CCC2. The Hall–Kier alpha value is -2.70. The predicted molar refractivity (Wildman–Crippen MR) is 121 cm³/mol. The minimum atomic E-state index is 0.0747. The first kappa shape index (κ1) is 21.5. The summed E-state index contributed by atoms with van der Waals surface area (Å²) in [5.41, 5.74) is 3.01. The fourth-order valence-electron chi connectivity index (χ4n) is 4.11. The molecule has 166 valence electrons. The number of ether oxygens (including phenoxy) is 1. The number of aryl methyl sites for hydroxylation is 1. The lowest BCUT2D eigenvalue weighted by atomic mass is 9.99. The number of hydrogen-bond acceptors (Lipinski definition) is 6. The lowest BCUT2D eigenvalue weighted by molar-refractivity contribution is -0.128. The number of amides is 1. The molecule has 7 nitrogen and oxygen atoms in total. The summed E-state index contributed by atoms with van der Waals surface area (Å²) < 4.78 is 5.96. The maximum Gasteiger partial charge on any atom is 0.242 e. The molecule has 1 aliphatic heterocycles. The van der Waals surface area contributed by atoms with Crippen LogP contribution in [0.25, 0.3) is 11.5 Å². The molecule has 1 fully saturated rings. The molecule has 0 bridgehead atoms. The first-order valence-electron chi connectivity index (χ1n) is 11.3. The molecule has 31 heavy (non-hydrogen) atoms. The lowest BCUT2D eigenvalue weighted by Gasteiger charge is -2.24. The average molecular weight is 424 g/mol. The molecule has 2 aliphatic rings. The highest BCUT2D eigenvalue weighted by Crippen LogP contribution is 2.31. The Balaban J connectivity index is 1.59. The summed E-state index contributed by atoms with van der Waals surface area (Å²) in [5.74, 6) is 2.39. The van der Waals surface area contributed by atoms with Crippen molar-refractivity contribution in [3.05, 3.63) is 29.6 Å². The molecule has 1 amide bonds. The van der Waals surface area contributed by atoms with Crippen LogP contribution in [0.15, 0.2) is 18.3 Å². The van der Waals surface area contributed by atoms with Crippen LogP contribution in [0, 0.1) is 5.41 Å². The molecule has 1 aliphatic carbocycles. The van der Waals surface area contributed by atoms with Gasteiger partial charge in [0.05, 0.1) is 13.2 Å². The quantitative estimate of drug-likeness (QED) is 0.708. The molecule has 3 heterocycles. The molecular weight excluding hydrogens is 390 g/mol. The number of aromatic nitrogens is 3. The van der Waals surface area contributed by atoms with Crippen molar-refractivity contribution in [2.45, 2.75) is 52.9 Å². The van der Waals surface area contributed by atoms with Crippen molar-refractivity contribution in [2.24, 2.45) is 5.41 Å². The van der Waals surface area contributed by atoms with Gasteiger partial charge in [0.15, 0.2) is 5.82 Å². The van der Waals surface area contributed by atoms with Crippen molar-refractivity contribution >= 4 is 11.7 Å². The summed E-state index contributed by atoms with van der Waals surface area (Å²) >= 11 is 0. The minimum Gasteiger partial charge on any atom is -0.493 e. The van der Waals surface area contributed by atoms with Crippen LogP contribution in [0.4, 0.5) is 5.82 Å². The monoisotopic (exact) mass is 423 g/mol. The zero-order chi connectivity index (χ0) is 22.0. The summed E-state index contributed by atoms with van der Waals surface area (Å²) in [5, 5.41) is 0. The first-order valence-corrected chi connectivity index (χ1v) is 11.3. The summed E-state index contributed by atoms with van der Waals surface area (Å²) in [6.07, 6.45) is 6.89. The van der Waals surface area contributed by atoms with E-state index in [1.165, 1.54) is 5.56 Å². The van der Waals surface area contributed by atoms with Crippen LogP contribution in [0.5, 0.6) is 5.75 Å². The molecule has 7 heteroatoms. The van der Waals surface area contributed by atoms with E-state index in [1.54, 1.807) is 6.20 Å². The Kier molecular flexibility index (Phi) is 6.12. The normalized spacial score (nSPS) is 15.8. The van der Waals surface area contributed by atoms with Crippen molar-refractivity contribution in [3.8, 4) is 17.3 Å². The molecule has 0 unspecified atom stereocenters. The number of likely N-dealkylation sites (tertiary alicyclic amines) is 1. The van der Waals surface area contributed by atoms with Gasteiger partial charge in [-0.3, -0.25) is 9.78 Å². The number of fused-ring (bicyclic) bond motifs is 1. The predicted octanol–water partition coefficient (Wildman–Crippen LogP) is 3.51. The summed E-state index contributed by atoms with van der Waals surface area (Å²) in [4.78, 5) is 30.8. The summed E-state index contributed by atoms with van der Waals surface area (Å²) in [7, 11) is 1.95. The molecule has 2 aromatic heterocycles. The van der Waals surface area contributed by atoms with Gasteiger partial charge in [-0.1, -0.05) is 20.8 Å². The standard InChI is InChI=1S/C24H33N5O2/c1-24(2,3)16-31-17-10-11-25-20(14-17)22-26-19-9-7-8-18(19)23(27-22)28(4)15-21(30)29-12-5-6-13-29/h10-11,14H,5-9,12-13,15-16H2,1-4H3. The first-order chi connectivity index (χ1) is 14.8. The Labute approximate surface area is 184 Å². The number of pyridine rings is 1. The zero-order valence-corrected chi connectivity index (χ0v) is 19.1. The van der Waals surface area contributed by atoms with Gasteiger partial charge >= 0.3 is 0 Å². The van der Waals surface area contributed by atoms with Gasteiger partial charge in [0.25, 0.3) is 0 Å². The Morgan fingerprint density at radius 1 is 1.16 bits per heavy atom. The smallest absolute Gasteiger partial charge is 0.242 e. The van der Waals surface area contributed by atoms with Gasteiger partial charge in [0.1, 0.15) is 17.3 Å². The van der Waals surface area contributed by atoms with Crippen molar-refractivity contribution in [1.29, 1.82) is 0 Å². The van der Waals surface area contributed by atoms with Gasteiger partial charge < -0.3 is 14.5 Å². The third-order valence-corrected chi connectivity index (χ3v) is 5.74. The fourth-order valence-corrected chi connectivity index (χ4v) is 4.11. The van der Waals surface area contributed by atoms with E-state index in [4.69, 9.17) is 14.7 Å². The molecule has 1 saturated heterocycles. The van der Waals surface area contributed by atoms with Crippen LogP contribution in [0.1, 0.15) is 51.3 Å². The van der Waals surface area contributed by atoms with Crippen LogP contribution in [0.2, 0.25) is 0 Å². The van der Waals surface area contributed by atoms with E-state index in [1.807, 2.05) is 29.0 Å². The number of anilines is 1. The van der Waals surface area contributed by atoms with E-state index in [2.05, 4.69) is 25.8 Å². The van der Waals surface area contributed by atoms with E-state index >= 15 is 0 Å². The van der Waals surface area contributed by atoms with Crippen LogP contribution in [0.3, 0.4) is 0 Å². The number of rotatable bonds is 6. The second kappa shape index (κ2) is 8.81. The molecule has 0 atom stereocenters. The van der Waals surface area contributed by atoms with Crippen molar-refractivity contribution in [1.82, 2.24) is 19.9 Å². The van der Waals surface area contributed by atoms with E-state index in [0.717, 1.165) is 62.5 Å². The number of nitrogens with zero attached hydrogens (tertiary/aromatic N) is 5. The van der Waals surface area contributed by atoms with Crippen molar-refractivity contribution in [2.75, 3.05) is 38.2 Å². The van der Waals surface area contributed by atoms with Gasteiger partial charge in [0, 0.05) is 43.7 Å². The van der Waals surface area contributed by atoms with Gasteiger partial charge in [0.2, 0.25) is 5.91 Å². The van der Waals surface area contributed by atoms with Crippen LogP contribution in [-0.2, 0) is 17.6 Å². The molecule has 0 saturated carbocycles. The third kappa shape index (κ3) is 5.14. The van der Waals surface area contributed by atoms with E-state index < -0.39 is 0 Å². The zero-order valence-electron chi connectivity index (χ0n) is 19.1. The van der Waals surface area contributed by atoms with E-state index in [0.29, 0.717) is 24.7 Å². The highest BCUT2D eigenvalue weighted by Gasteiger charge is 2.25. The van der Waals surface area contributed by atoms with Crippen LogP contribution >= 0.6 is 0 Å². The maximum atomic E-state index is 12.7. The molecule has 2 aromatic rings. The van der Waals surface area contributed by atoms with Gasteiger partial charge in [-0.15, -0.1) is 0 Å². The molecule has 0 N–H and O–H groups in total. The second-order valence-electron chi connectivity index (χ2n) is 9.82. The highest BCUT2D eigenvalue weighted by molar-refractivity contribution is 5.81. The average Bonchev–Trinajstić information content (AvgIpc) is 3.43. The lowest BCUT2D eigenvalue weighted by Crippen LogP contribution is -2.38.